The van der Waals surface area contributed by atoms with Crippen LogP contribution in [-0.2, 0) is 0 Å². The number of hydrogen-bond donors (Lipinski definition) is 2. The van der Waals surface area contributed by atoms with Gasteiger partial charge in [0.2, 0.25) is 0 Å². The normalized spacial score (nSPS) is 14.0. The second-order valence-corrected chi connectivity index (χ2v) is 5.11. The Hall–Kier alpha value is -2.23. The number of aromatic nitrogens is 1. The third kappa shape index (κ3) is 2.66. The van der Waals surface area contributed by atoms with Crippen molar-refractivity contribution in [3.8, 4) is 0 Å². The minimum absolute atomic E-state index is 0.211. The zero-order valence-electron chi connectivity index (χ0n) is 11.7. The van der Waals surface area contributed by atoms with Crippen LogP contribution in [0, 0.1) is 0 Å². The van der Waals surface area contributed by atoms with Crippen molar-refractivity contribution in [3.63, 3.8) is 0 Å². The molecule has 0 amide bonds. The van der Waals surface area contributed by atoms with Gasteiger partial charge in [-0.25, -0.2) is 0 Å². The van der Waals surface area contributed by atoms with Crippen LogP contribution in [0.15, 0.2) is 66.9 Å². The number of aliphatic hydroxyl groups excluding tert-OH is 1. The van der Waals surface area contributed by atoms with Gasteiger partial charge in [0.25, 0.3) is 0 Å². The maximum atomic E-state index is 10.8. The maximum Gasteiger partial charge on any atom is 0.0891 e. The van der Waals surface area contributed by atoms with E-state index in [1.54, 1.807) is 6.20 Å². The smallest absolute Gasteiger partial charge is 0.0891 e. The Bertz CT molecular complexity index is 722. The average Bonchev–Trinajstić information content (AvgIpc) is 2.56. The first kappa shape index (κ1) is 13.7. The van der Waals surface area contributed by atoms with Gasteiger partial charge < -0.3 is 10.8 Å². The Morgan fingerprint density at radius 1 is 0.952 bits per heavy atom. The largest absolute Gasteiger partial charge is 0.388 e. The molecule has 2 unspecified atom stereocenters. The molecular weight excluding hydrogens is 260 g/mol. The highest BCUT2D eigenvalue weighted by Gasteiger charge is 2.23. The first-order chi connectivity index (χ1) is 10.3. The van der Waals surface area contributed by atoms with Gasteiger partial charge in [-0.2, -0.15) is 0 Å². The number of aliphatic hydroxyl groups is 1. The fourth-order valence-corrected chi connectivity index (χ4v) is 2.73. The minimum atomic E-state index is -0.670. The molecule has 1 heterocycles. The van der Waals surface area contributed by atoms with Gasteiger partial charge in [-0.1, -0.05) is 48.5 Å². The monoisotopic (exact) mass is 278 g/mol. The number of nitrogens with zero attached hydrogens (tertiary/aromatic N) is 1. The van der Waals surface area contributed by atoms with E-state index < -0.39 is 6.10 Å². The molecule has 3 rings (SSSR count). The molecule has 2 aromatic carbocycles. The molecule has 0 aliphatic rings. The summed E-state index contributed by atoms with van der Waals surface area (Å²) in [6.07, 6.45) is 1.06. The van der Waals surface area contributed by atoms with Crippen molar-refractivity contribution >= 4 is 10.8 Å². The second kappa shape index (κ2) is 6.04. The Kier molecular flexibility index (Phi) is 3.95. The van der Waals surface area contributed by atoms with E-state index in [0.29, 0.717) is 6.54 Å². The van der Waals surface area contributed by atoms with Gasteiger partial charge in [-0.3, -0.25) is 4.98 Å². The standard InChI is InChI=1S/C18H18N2O/c19-12-16(17-10-3-4-11-20-17)18(21)15-9-5-7-13-6-1-2-8-14(13)15/h1-11,16,18,21H,12,19H2. The van der Waals surface area contributed by atoms with Gasteiger partial charge in [0.05, 0.1) is 6.10 Å². The summed E-state index contributed by atoms with van der Waals surface area (Å²) in [6, 6.07) is 19.7. The van der Waals surface area contributed by atoms with Crippen molar-refractivity contribution in [2.24, 2.45) is 5.73 Å². The van der Waals surface area contributed by atoms with Crippen LogP contribution < -0.4 is 5.73 Å². The Morgan fingerprint density at radius 2 is 1.71 bits per heavy atom. The van der Waals surface area contributed by atoms with E-state index >= 15 is 0 Å². The Balaban J connectivity index is 2.05. The van der Waals surface area contributed by atoms with E-state index in [0.717, 1.165) is 22.0 Å². The summed E-state index contributed by atoms with van der Waals surface area (Å²) in [7, 11) is 0. The van der Waals surface area contributed by atoms with Crippen molar-refractivity contribution in [2.45, 2.75) is 12.0 Å². The van der Waals surface area contributed by atoms with E-state index in [4.69, 9.17) is 5.73 Å². The van der Waals surface area contributed by atoms with Crippen LogP contribution in [-0.4, -0.2) is 16.6 Å². The number of benzene rings is 2. The SMILES string of the molecule is NCC(c1ccccn1)C(O)c1cccc2ccccc12. The average molecular weight is 278 g/mol. The van der Waals surface area contributed by atoms with Crippen LogP contribution in [0.25, 0.3) is 10.8 Å². The lowest BCUT2D eigenvalue weighted by atomic mass is 9.89. The molecule has 0 aliphatic carbocycles. The fourth-order valence-electron chi connectivity index (χ4n) is 2.73. The number of rotatable bonds is 4. The summed E-state index contributed by atoms with van der Waals surface area (Å²) < 4.78 is 0. The van der Waals surface area contributed by atoms with Crippen LogP contribution in [0.2, 0.25) is 0 Å². The highest BCUT2D eigenvalue weighted by Crippen LogP contribution is 2.33. The van der Waals surface area contributed by atoms with Crippen LogP contribution >= 0.6 is 0 Å². The van der Waals surface area contributed by atoms with Crippen LogP contribution in [0.1, 0.15) is 23.3 Å². The Morgan fingerprint density at radius 3 is 2.48 bits per heavy atom. The van der Waals surface area contributed by atoms with Crippen LogP contribution in [0.3, 0.4) is 0 Å². The molecule has 0 saturated carbocycles. The molecule has 106 valence electrons. The highest BCUT2D eigenvalue weighted by atomic mass is 16.3. The predicted octanol–water partition coefficient (Wildman–Crippen LogP) is 3.01. The third-order valence-corrected chi connectivity index (χ3v) is 3.84. The molecule has 3 N–H and O–H groups in total. The van der Waals surface area contributed by atoms with E-state index in [2.05, 4.69) is 4.98 Å². The lowest BCUT2D eigenvalue weighted by molar-refractivity contribution is 0.147. The van der Waals surface area contributed by atoms with Gasteiger partial charge in [0.1, 0.15) is 0 Å². The zero-order valence-corrected chi connectivity index (χ0v) is 11.7. The molecule has 2 atom stereocenters. The summed E-state index contributed by atoms with van der Waals surface area (Å²) in [6.45, 7) is 0.349. The number of nitrogens with two attached hydrogens (primary N) is 1. The number of pyridine rings is 1. The first-order valence-corrected chi connectivity index (χ1v) is 7.08. The van der Waals surface area contributed by atoms with Gasteiger partial charge in [0, 0.05) is 24.4 Å². The molecular formula is C18H18N2O. The predicted molar refractivity (Wildman–Crippen MR) is 84.9 cm³/mol. The van der Waals surface area contributed by atoms with E-state index in [9.17, 15) is 5.11 Å². The van der Waals surface area contributed by atoms with Crippen molar-refractivity contribution in [3.05, 3.63) is 78.1 Å². The van der Waals surface area contributed by atoms with Crippen LogP contribution in [0.5, 0.6) is 0 Å². The molecule has 3 aromatic rings. The molecule has 0 radical (unpaired) electrons. The fraction of sp³-hybridized carbons (Fsp3) is 0.167. The van der Waals surface area contributed by atoms with Crippen LogP contribution in [0.4, 0.5) is 0 Å². The molecule has 21 heavy (non-hydrogen) atoms. The minimum Gasteiger partial charge on any atom is -0.388 e. The topological polar surface area (TPSA) is 59.1 Å². The zero-order chi connectivity index (χ0) is 14.7. The first-order valence-electron chi connectivity index (χ1n) is 7.08. The molecule has 1 aromatic heterocycles. The Labute approximate surface area is 124 Å². The number of fused-ring (bicyclic) bond motifs is 1. The van der Waals surface area contributed by atoms with Crippen molar-refractivity contribution in [2.75, 3.05) is 6.54 Å². The van der Waals surface area contributed by atoms with Gasteiger partial charge in [-0.05, 0) is 28.5 Å². The summed E-state index contributed by atoms with van der Waals surface area (Å²) in [4.78, 5) is 4.34. The summed E-state index contributed by atoms with van der Waals surface area (Å²) in [5.74, 6) is -0.211. The van der Waals surface area contributed by atoms with Crippen molar-refractivity contribution in [1.82, 2.24) is 4.98 Å². The highest BCUT2D eigenvalue weighted by molar-refractivity contribution is 5.86. The lowest BCUT2D eigenvalue weighted by Crippen LogP contribution is -2.21. The second-order valence-electron chi connectivity index (χ2n) is 5.11. The molecule has 0 aliphatic heterocycles. The van der Waals surface area contributed by atoms with Gasteiger partial charge in [0.15, 0.2) is 0 Å². The van der Waals surface area contributed by atoms with Gasteiger partial charge >= 0.3 is 0 Å². The van der Waals surface area contributed by atoms with Crippen molar-refractivity contribution in [1.29, 1.82) is 0 Å². The summed E-state index contributed by atoms with van der Waals surface area (Å²) in [5.41, 5.74) is 7.60. The van der Waals surface area contributed by atoms with Crippen molar-refractivity contribution < 1.29 is 5.11 Å². The van der Waals surface area contributed by atoms with E-state index in [1.807, 2.05) is 60.7 Å². The summed E-state index contributed by atoms with van der Waals surface area (Å²) >= 11 is 0. The third-order valence-electron chi connectivity index (χ3n) is 3.84. The van der Waals surface area contributed by atoms with Gasteiger partial charge in [-0.15, -0.1) is 0 Å². The molecule has 0 bridgehead atoms. The molecule has 0 fully saturated rings. The summed E-state index contributed by atoms with van der Waals surface area (Å²) in [5, 5.41) is 13.0. The molecule has 0 saturated heterocycles. The van der Waals surface area contributed by atoms with E-state index in [-0.39, 0.29) is 5.92 Å². The quantitative estimate of drug-likeness (QED) is 0.771. The number of hydrogen-bond acceptors (Lipinski definition) is 3. The molecule has 3 heteroatoms. The molecule has 3 nitrogen and oxygen atoms in total. The van der Waals surface area contributed by atoms with E-state index in [1.165, 1.54) is 0 Å². The maximum absolute atomic E-state index is 10.8. The lowest BCUT2D eigenvalue weighted by Gasteiger charge is -2.22. The molecule has 0 spiro atoms.